The fourth-order valence-electron chi connectivity index (χ4n) is 3.24. The summed E-state index contributed by atoms with van der Waals surface area (Å²) in [5.41, 5.74) is 2.28. The monoisotopic (exact) mass is 300 g/mol. The number of carbonyl (C=O) groups is 2. The molecule has 3 rings (SSSR count). The molecule has 1 fully saturated rings. The molecule has 0 radical (unpaired) electrons. The molecule has 0 spiro atoms. The third-order valence-electron chi connectivity index (χ3n) is 4.31. The molecule has 0 aromatic heterocycles. The van der Waals surface area contributed by atoms with Crippen LogP contribution in [0, 0.1) is 6.92 Å². The molecular formula is C17H20N2O3. The second kappa shape index (κ2) is 4.95. The molecule has 2 aliphatic heterocycles. The summed E-state index contributed by atoms with van der Waals surface area (Å²) in [5.74, 6) is -0.399. The smallest absolute Gasteiger partial charge is 0.337 e. The lowest BCUT2D eigenvalue weighted by Crippen LogP contribution is -2.44. The summed E-state index contributed by atoms with van der Waals surface area (Å²) in [4.78, 5) is 24.4. The number of methoxy groups -OCH3 is 1. The highest BCUT2D eigenvalue weighted by Crippen LogP contribution is 2.46. The summed E-state index contributed by atoms with van der Waals surface area (Å²) >= 11 is 0. The van der Waals surface area contributed by atoms with Gasteiger partial charge in [0.25, 0.3) is 0 Å². The first-order chi connectivity index (χ1) is 10.3. The predicted octanol–water partition coefficient (Wildman–Crippen LogP) is 2.33. The predicted molar refractivity (Wildman–Crippen MR) is 81.4 cm³/mol. The van der Waals surface area contributed by atoms with Gasteiger partial charge in [0, 0.05) is 18.2 Å². The van der Waals surface area contributed by atoms with Crippen LogP contribution in [0.2, 0.25) is 0 Å². The molecule has 1 aromatic rings. The van der Waals surface area contributed by atoms with Crippen LogP contribution in [0.25, 0.3) is 0 Å². The summed E-state index contributed by atoms with van der Waals surface area (Å²) in [7, 11) is 1.36. The normalized spacial score (nSPS) is 23.5. The van der Waals surface area contributed by atoms with E-state index in [0.29, 0.717) is 12.0 Å². The summed E-state index contributed by atoms with van der Waals surface area (Å²) in [6.07, 6.45) is 2.05. The van der Waals surface area contributed by atoms with Gasteiger partial charge in [0.05, 0.1) is 18.7 Å². The number of nitrogens with zero attached hydrogens (tertiary/aromatic N) is 2. The lowest BCUT2D eigenvalue weighted by Gasteiger charge is -2.36. The van der Waals surface area contributed by atoms with E-state index in [1.807, 2.05) is 50.0 Å². The Labute approximate surface area is 130 Å². The highest BCUT2D eigenvalue weighted by atomic mass is 16.5. The van der Waals surface area contributed by atoms with E-state index in [1.165, 1.54) is 7.11 Å². The Kier molecular flexibility index (Phi) is 3.33. The van der Waals surface area contributed by atoms with Gasteiger partial charge >= 0.3 is 5.97 Å². The zero-order chi connectivity index (χ0) is 16.1. The number of hydrogen-bond donors (Lipinski definition) is 0. The molecule has 1 saturated heterocycles. The Hall–Kier alpha value is -2.14. The minimum atomic E-state index is -0.399. The highest BCUT2D eigenvalue weighted by molar-refractivity contribution is 5.93. The van der Waals surface area contributed by atoms with E-state index < -0.39 is 5.97 Å². The molecular weight excluding hydrogens is 280 g/mol. The van der Waals surface area contributed by atoms with Gasteiger partial charge in [-0.25, -0.2) is 9.80 Å². The number of amides is 1. The molecule has 2 heterocycles. The maximum absolute atomic E-state index is 12.2. The number of carbonyl (C=O) groups excluding carboxylic acids is 2. The van der Waals surface area contributed by atoms with Gasteiger partial charge in [0.2, 0.25) is 5.91 Å². The van der Waals surface area contributed by atoms with Crippen LogP contribution in [0.1, 0.15) is 37.4 Å². The molecule has 0 N–H and O–H groups in total. The van der Waals surface area contributed by atoms with E-state index in [-0.39, 0.29) is 17.5 Å². The van der Waals surface area contributed by atoms with Crippen molar-refractivity contribution in [2.24, 2.45) is 0 Å². The highest BCUT2D eigenvalue weighted by Gasteiger charge is 2.52. The molecule has 0 saturated carbocycles. The lowest BCUT2D eigenvalue weighted by atomic mass is 9.93. The summed E-state index contributed by atoms with van der Waals surface area (Å²) in [6.45, 7) is 6.05. The third-order valence-corrected chi connectivity index (χ3v) is 4.31. The van der Waals surface area contributed by atoms with Crippen molar-refractivity contribution in [3.05, 3.63) is 47.2 Å². The molecule has 1 amide bonds. The molecule has 2 aliphatic rings. The van der Waals surface area contributed by atoms with E-state index in [2.05, 4.69) is 0 Å². The molecule has 5 heteroatoms. The van der Waals surface area contributed by atoms with E-state index >= 15 is 0 Å². The largest absolute Gasteiger partial charge is 0.466 e. The van der Waals surface area contributed by atoms with Crippen LogP contribution < -0.4 is 0 Å². The van der Waals surface area contributed by atoms with Gasteiger partial charge in [0.15, 0.2) is 0 Å². The number of hydrogen-bond acceptors (Lipinski definition) is 4. The molecule has 1 atom stereocenters. The van der Waals surface area contributed by atoms with Crippen molar-refractivity contribution < 1.29 is 14.3 Å². The maximum atomic E-state index is 12.2. The molecule has 0 aliphatic carbocycles. The van der Waals surface area contributed by atoms with Gasteiger partial charge in [-0.3, -0.25) is 4.79 Å². The molecule has 1 aromatic carbocycles. The van der Waals surface area contributed by atoms with Gasteiger partial charge < -0.3 is 4.74 Å². The van der Waals surface area contributed by atoms with Gasteiger partial charge in [-0.2, -0.15) is 5.01 Å². The first kappa shape index (κ1) is 14.8. The van der Waals surface area contributed by atoms with Crippen LogP contribution in [0.5, 0.6) is 0 Å². The van der Waals surface area contributed by atoms with Crippen molar-refractivity contribution in [3.63, 3.8) is 0 Å². The zero-order valence-corrected chi connectivity index (χ0v) is 13.3. The molecule has 0 bridgehead atoms. The van der Waals surface area contributed by atoms with Crippen LogP contribution in [-0.2, 0) is 14.3 Å². The number of hydrazine groups is 1. The SMILES string of the molecule is COC(=O)C1=CN2C(=O)CC(C)(C)N2C1c1ccc(C)cc1. The van der Waals surface area contributed by atoms with E-state index in [4.69, 9.17) is 4.74 Å². The van der Waals surface area contributed by atoms with Crippen molar-refractivity contribution in [3.8, 4) is 0 Å². The van der Waals surface area contributed by atoms with Crippen LogP contribution in [0.15, 0.2) is 36.0 Å². The lowest BCUT2D eigenvalue weighted by molar-refractivity contribution is -0.138. The second-order valence-electron chi connectivity index (χ2n) is 6.46. The average Bonchev–Trinajstić information content (AvgIpc) is 2.97. The Morgan fingerprint density at radius 2 is 1.91 bits per heavy atom. The van der Waals surface area contributed by atoms with E-state index in [1.54, 1.807) is 11.2 Å². The minimum absolute atomic E-state index is 0.000940. The topological polar surface area (TPSA) is 49.9 Å². The molecule has 1 unspecified atom stereocenters. The van der Waals surface area contributed by atoms with Crippen molar-refractivity contribution in [2.45, 2.75) is 38.8 Å². The Bertz CT molecular complexity index is 661. The van der Waals surface area contributed by atoms with E-state index in [9.17, 15) is 9.59 Å². The molecule has 116 valence electrons. The van der Waals surface area contributed by atoms with Crippen LogP contribution in [0.3, 0.4) is 0 Å². The maximum Gasteiger partial charge on any atom is 0.337 e. The first-order valence-corrected chi connectivity index (χ1v) is 7.33. The van der Waals surface area contributed by atoms with Crippen molar-refractivity contribution >= 4 is 11.9 Å². The number of rotatable bonds is 2. The third kappa shape index (κ3) is 2.13. The number of esters is 1. The Balaban J connectivity index is 2.10. The van der Waals surface area contributed by atoms with Crippen molar-refractivity contribution in [2.75, 3.05) is 7.11 Å². The average molecular weight is 300 g/mol. The first-order valence-electron chi connectivity index (χ1n) is 7.33. The van der Waals surface area contributed by atoms with Crippen LogP contribution >= 0.6 is 0 Å². The van der Waals surface area contributed by atoms with Crippen LogP contribution in [0.4, 0.5) is 0 Å². The fraction of sp³-hybridized carbons (Fsp3) is 0.412. The summed E-state index contributed by atoms with van der Waals surface area (Å²) < 4.78 is 4.91. The number of fused-ring (bicyclic) bond motifs is 1. The summed E-state index contributed by atoms with van der Waals surface area (Å²) in [5, 5.41) is 3.54. The zero-order valence-electron chi connectivity index (χ0n) is 13.3. The number of benzene rings is 1. The number of aryl methyl sites for hydroxylation is 1. The minimum Gasteiger partial charge on any atom is -0.466 e. The molecule has 5 nitrogen and oxygen atoms in total. The van der Waals surface area contributed by atoms with Gasteiger partial charge in [-0.1, -0.05) is 29.8 Å². The van der Waals surface area contributed by atoms with Gasteiger partial charge in [0.1, 0.15) is 0 Å². The fourth-order valence-corrected chi connectivity index (χ4v) is 3.24. The van der Waals surface area contributed by atoms with Gasteiger partial charge in [-0.15, -0.1) is 0 Å². The quantitative estimate of drug-likeness (QED) is 0.787. The van der Waals surface area contributed by atoms with Crippen molar-refractivity contribution in [1.29, 1.82) is 0 Å². The number of ether oxygens (including phenoxy) is 1. The van der Waals surface area contributed by atoms with Crippen LogP contribution in [-0.4, -0.2) is 34.5 Å². The Morgan fingerprint density at radius 1 is 1.27 bits per heavy atom. The van der Waals surface area contributed by atoms with Crippen molar-refractivity contribution in [1.82, 2.24) is 10.0 Å². The van der Waals surface area contributed by atoms with E-state index in [0.717, 1.165) is 11.1 Å². The van der Waals surface area contributed by atoms with Gasteiger partial charge in [-0.05, 0) is 26.3 Å². The summed E-state index contributed by atoms with van der Waals surface area (Å²) in [6, 6.07) is 7.72. The Morgan fingerprint density at radius 3 is 2.50 bits per heavy atom. The second-order valence-corrected chi connectivity index (χ2v) is 6.46. The molecule has 22 heavy (non-hydrogen) atoms. The standard InChI is InChI=1S/C17H20N2O3/c1-11-5-7-12(8-6-11)15-13(16(21)22-4)10-18-14(20)9-17(2,3)19(15)18/h5-8,10,15H,9H2,1-4H3.